The highest BCUT2D eigenvalue weighted by atomic mass is 16.6. The minimum atomic E-state index is -0.828. The molecule has 6 nitrogen and oxygen atoms in total. The number of hydrogen-bond acceptors (Lipinski definition) is 6. The lowest BCUT2D eigenvalue weighted by molar-refractivity contribution is -0.166. The summed E-state index contributed by atoms with van der Waals surface area (Å²) < 4.78 is 16.9. The third kappa shape index (κ3) is 67.7. The Morgan fingerprint density at radius 3 is 0.783 bits per heavy atom. The first-order chi connectivity index (χ1) is 41.0. The fraction of sp³-hybridized carbons (Fsp3) is 0.623. The SMILES string of the molecule is CC/C=C\C/C=C\C/C=C\C/C=C\C/C=C\CC(=O)OCC(COC(=O)CCCCCCCCCCCCCC/C=C\C/C=C\C/C=C\C/C=C\CC)OC(=O)CCCCCCCCCCCCCC/C=C\C/C=C\C/C=C\C/C=C\CC. The summed E-state index contributed by atoms with van der Waals surface area (Å²) in [5.41, 5.74) is 0. The van der Waals surface area contributed by atoms with Crippen molar-refractivity contribution in [2.24, 2.45) is 0 Å². The maximum atomic E-state index is 13.0. The summed E-state index contributed by atoms with van der Waals surface area (Å²) in [6.45, 7) is 6.22. The number of carbonyl (C=O) groups excluding carboxylic acids is 3. The molecule has 0 aliphatic rings. The van der Waals surface area contributed by atoms with Crippen molar-refractivity contribution >= 4 is 17.9 Å². The van der Waals surface area contributed by atoms with Crippen molar-refractivity contribution in [3.05, 3.63) is 158 Å². The van der Waals surface area contributed by atoms with E-state index >= 15 is 0 Å². The molecule has 468 valence electrons. The van der Waals surface area contributed by atoms with E-state index in [1.165, 1.54) is 128 Å². The molecule has 0 rings (SSSR count). The molecule has 0 heterocycles. The highest BCUT2D eigenvalue weighted by molar-refractivity contribution is 5.72. The molecule has 0 bridgehead atoms. The van der Waals surface area contributed by atoms with Crippen molar-refractivity contribution in [2.75, 3.05) is 13.2 Å². The topological polar surface area (TPSA) is 78.9 Å². The van der Waals surface area contributed by atoms with E-state index in [9.17, 15) is 14.4 Å². The monoisotopic (exact) mass is 1140 g/mol. The van der Waals surface area contributed by atoms with Crippen LogP contribution in [-0.4, -0.2) is 37.2 Å². The van der Waals surface area contributed by atoms with Crippen molar-refractivity contribution in [3.63, 3.8) is 0 Å². The van der Waals surface area contributed by atoms with Gasteiger partial charge < -0.3 is 14.2 Å². The first kappa shape index (κ1) is 78.0. The molecule has 0 aromatic rings. The molecule has 6 heteroatoms. The van der Waals surface area contributed by atoms with Crippen LogP contribution in [0, 0.1) is 0 Å². The normalized spacial score (nSPS) is 13.1. The van der Waals surface area contributed by atoms with Gasteiger partial charge in [0, 0.05) is 12.8 Å². The average molecular weight is 1150 g/mol. The quantitative estimate of drug-likeness (QED) is 0.0261. The fourth-order valence-corrected chi connectivity index (χ4v) is 9.09. The summed E-state index contributed by atoms with van der Waals surface area (Å²) in [4.78, 5) is 38.4. The number of carbonyl (C=O) groups is 3. The minimum absolute atomic E-state index is 0.114. The van der Waals surface area contributed by atoms with Gasteiger partial charge >= 0.3 is 17.9 Å². The van der Waals surface area contributed by atoms with E-state index in [0.29, 0.717) is 12.8 Å². The van der Waals surface area contributed by atoms with Crippen molar-refractivity contribution in [2.45, 2.75) is 297 Å². The molecular weight excluding hydrogens is 1020 g/mol. The molecule has 0 N–H and O–H groups in total. The van der Waals surface area contributed by atoms with Crippen LogP contribution in [0.1, 0.15) is 290 Å². The summed E-state index contributed by atoms with van der Waals surface area (Å²) in [6, 6.07) is 0. The van der Waals surface area contributed by atoms with Gasteiger partial charge in [0.15, 0.2) is 6.10 Å². The van der Waals surface area contributed by atoms with E-state index in [1.54, 1.807) is 6.08 Å². The van der Waals surface area contributed by atoms with Crippen LogP contribution in [0.25, 0.3) is 0 Å². The largest absolute Gasteiger partial charge is 0.462 e. The summed E-state index contributed by atoms with van der Waals surface area (Å²) in [5, 5.41) is 0. The van der Waals surface area contributed by atoms with E-state index in [1.807, 2.05) is 6.08 Å². The van der Waals surface area contributed by atoms with E-state index in [-0.39, 0.29) is 31.6 Å². The van der Waals surface area contributed by atoms with Crippen molar-refractivity contribution in [1.82, 2.24) is 0 Å². The zero-order valence-corrected chi connectivity index (χ0v) is 53.7. The lowest BCUT2D eigenvalue weighted by Crippen LogP contribution is -2.30. The van der Waals surface area contributed by atoms with E-state index in [0.717, 1.165) is 122 Å². The van der Waals surface area contributed by atoms with Gasteiger partial charge in [-0.15, -0.1) is 0 Å². The van der Waals surface area contributed by atoms with Gasteiger partial charge in [0.2, 0.25) is 0 Å². The molecule has 1 atom stereocenters. The van der Waals surface area contributed by atoms with Crippen LogP contribution in [-0.2, 0) is 28.6 Å². The first-order valence-electron chi connectivity index (χ1n) is 34.0. The number of allylic oxidation sites excluding steroid dienone is 25. The summed E-state index contributed by atoms with van der Waals surface area (Å²) >= 11 is 0. The molecule has 0 aliphatic heterocycles. The number of esters is 3. The van der Waals surface area contributed by atoms with Crippen molar-refractivity contribution in [1.29, 1.82) is 0 Å². The van der Waals surface area contributed by atoms with Gasteiger partial charge in [0.1, 0.15) is 13.2 Å². The maximum absolute atomic E-state index is 13.0. The summed E-state index contributed by atoms with van der Waals surface area (Å²) in [7, 11) is 0. The lowest BCUT2D eigenvalue weighted by atomic mass is 10.0. The van der Waals surface area contributed by atoms with Gasteiger partial charge in [0.05, 0.1) is 6.42 Å². The van der Waals surface area contributed by atoms with E-state index in [4.69, 9.17) is 14.2 Å². The molecule has 0 spiro atoms. The second-order valence-corrected chi connectivity index (χ2v) is 22.0. The molecule has 0 aromatic heterocycles. The molecule has 0 aromatic carbocycles. The van der Waals surface area contributed by atoms with Crippen LogP contribution in [0.4, 0.5) is 0 Å². The zero-order valence-electron chi connectivity index (χ0n) is 53.7. The number of ether oxygens (including phenoxy) is 3. The van der Waals surface area contributed by atoms with E-state index in [2.05, 4.69) is 167 Å². The van der Waals surface area contributed by atoms with Gasteiger partial charge in [-0.2, -0.15) is 0 Å². The fourth-order valence-electron chi connectivity index (χ4n) is 9.09. The average Bonchev–Trinajstić information content (AvgIpc) is 3.49. The van der Waals surface area contributed by atoms with Crippen LogP contribution in [0.5, 0.6) is 0 Å². The third-order valence-corrected chi connectivity index (χ3v) is 14.0. The Bertz CT molecular complexity index is 1840. The lowest BCUT2D eigenvalue weighted by Gasteiger charge is -2.18. The maximum Gasteiger partial charge on any atom is 0.309 e. The Balaban J connectivity index is 4.41. The van der Waals surface area contributed by atoms with Crippen LogP contribution >= 0.6 is 0 Å². The molecule has 83 heavy (non-hydrogen) atoms. The Morgan fingerprint density at radius 2 is 0.482 bits per heavy atom. The van der Waals surface area contributed by atoms with Crippen molar-refractivity contribution < 1.29 is 28.6 Å². The van der Waals surface area contributed by atoms with Crippen LogP contribution < -0.4 is 0 Å². The first-order valence-corrected chi connectivity index (χ1v) is 34.0. The van der Waals surface area contributed by atoms with E-state index < -0.39 is 12.1 Å². The second kappa shape index (κ2) is 69.5. The van der Waals surface area contributed by atoms with Gasteiger partial charge in [0.25, 0.3) is 0 Å². The van der Waals surface area contributed by atoms with Crippen LogP contribution in [0.15, 0.2) is 158 Å². The van der Waals surface area contributed by atoms with Crippen molar-refractivity contribution in [3.8, 4) is 0 Å². The molecule has 0 amide bonds. The van der Waals surface area contributed by atoms with Gasteiger partial charge in [-0.3, -0.25) is 14.4 Å². The smallest absolute Gasteiger partial charge is 0.309 e. The second-order valence-electron chi connectivity index (χ2n) is 22.0. The standard InChI is InChI=1S/C77H124O6/c1-4-7-10-13-16-19-22-25-28-30-32-34-36-38-40-42-44-46-49-52-55-58-61-64-67-70-76(79)82-73-74(72-81-75(78)69-66-63-60-57-54-51-48-27-24-21-18-15-12-9-6-3)83-77(80)71-68-65-62-59-56-53-50-47-45-43-41-39-37-35-33-31-29-26-23-20-17-14-11-8-5-2/h7-12,16-21,25-29,32-35,48,54,57,63,66,74H,4-6,13-15,22-24,30-31,36-47,49-53,55-56,58-62,64-65,67-73H2,1-3H3/b10-7-,11-8-,12-9-,19-16-,20-17-,21-18-,28-25-,29-26-,34-32-,35-33-,48-27-,57-54-,66-63-. The predicted molar refractivity (Wildman–Crippen MR) is 362 cm³/mol. The molecule has 1 unspecified atom stereocenters. The Labute approximate surface area is 511 Å². The number of rotatable bonds is 60. The molecule has 0 fully saturated rings. The highest BCUT2D eigenvalue weighted by Crippen LogP contribution is 2.16. The Hall–Kier alpha value is -4.97. The highest BCUT2D eigenvalue weighted by Gasteiger charge is 2.19. The molecule has 0 aliphatic carbocycles. The van der Waals surface area contributed by atoms with Gasteiger partial charge in [-0.25, -0.2) is 0 Å². The Morgan fingerprint density at radius 1 is 0.253 bits per heavy atom. The summed E-state index contributed by atoms with van der Waals surface area (Å²) in [5.74, 6) is -1.05. The minimum Gasteiger partial charge on any atom is -0.462 e. The molecule has 0 radical (unpaired) electrons. The number of unbranched alkanes of at least 4 members (excludes halogenated alkanes) is 24. The summed E-state index contributed by atoms with van der Waals surface area (Å²) in [6.07, 6.45) is 101. The van der Waals surface area contributed by atoms with Crippen LogP contribution in [0.2, 0.25) is 0 Å². The van der Waals surface area contributed by atoms with Gasteiger partial charge in [-0.1, -0.05) is 307 Å². The third-order valence-electron chi connectivity index (χ3n) is 14.0. The molecular formula is C77H124O6. The van der Waals surface area contributed by atoms with Gasteiger partial charge in [-0.05, 0) is 122 Å². The molecule has 0 saturated carbocycles. The number of hydrogen-bond donors (Lipinski definition) is 0. The Kier molecular flexibility index (Phi) is 65.4. The predicted octanol–water partition coefficient (Wildman–Crippen LogP) is 23.7. The molecule has 0 saturated heterocycles. The zero-order chi connectivity index (χ0) is 59.9. The van der Waals surface area contributed by atoms with Crippen LogP contribution in [0.3, 0.4) is 0 Å².